The van der Waals surface area contributed by atoms with Crippen LogP contribution in [0.5, 0.6) is 0 Å². The average molecular weight is 355 g/mol. The molecule has 0 saturated carbocycles. The molecule has 0 spiro atoms. The van der Waals surface area contributed by atoms with Crippen LogP contribution in [-0.2, 0) is 12.6 Å². The molecule has 1 atom stereocenters. The van der Waals surface area contributed by atoms with E-state index in [4.69, 9.17) is 4.42 Å². The van der Waals surface area contributed by atoms with Gasteiger partial charge in [-0.2, -0.15) is 18.3 Å². The Labute approximate surface area is 140 Å². The van der Waals surface area contributed by atoms with Crippen molar-refractivity contribution in [3.05, 3.63) is 36.2 Å². The minimum Gasteiger partial charge on any atom is -0.463 e. The summed E-state index contributed by atoms with van der Waals surface area (Å²) in [6.45, 7) is 1.33. The van der Waals surface area contributed by atoms with Crippen LogP contribution in [0.15, 0.2) is 29.1 Å². The van der Waals surface area contributed by atoms with Gasteiger partial charge >= 0.3 is 6.18 Å². The van der Waals surface area contributed by atoms with Crippen LogP contribution in [0, 0.1) is 6.92 Å². The summed E-state index contributed by atoms with van der Waals surface area (Å²) >= 11 is 0. The zero-order chi connectivity index (χ0) is 18.2. The van der Waals surface area contributed by atoms with Gasteiger partial charge in [-0.1, -0.05) is 0 Å². The van der Waals surface area contributed by atoms with Gasteiger partial charge < -0.3 is 14.8 Å². The number of anilines is 1. The maximum atomic E-state index is 13.4. The first-order chi connectivity index (χ1) is 11.7. The van der Waals surface area contributed by atoms with E-state index in [2.05, 4.69) is 20.4 Å². The first kappa shape index (κ1) is 17.2. The fourth-order valence-electron chi connectivity index (χ4n) is 2.53. The Hall–Kier alpha value is -2.62. The van der Waals surface area contributed by atoms with E-state index in [-0.39, 0.29) is 6.54 Å². The third-order valence-corrected chi connectivity index (χ3v) is 3.93. The molecule has 0 saturated heterocycles. The zero-order valence-electron chi connectivity index (χ0n) is 13.5. The van der Waals surface area contributed by atoms with Gasteiger partial charge in [0.05, 0.1) is 11.6 Å². The molecule has 3 heterocycles. The molecule has 0 aromatic carbocycles. The number of rotatable bonds is 5. The fourth-order valence-corrected chi connectivity index (χ4v) is 2.53. The molecule has 0 aliphatic rings. The summed E-state index contributed by atoms with van der Waals surface area (Å²) in [7, 11) is 1.70. The summed E-state index contributed by atoms with van der Waals surface area (Å²) in [5.41, 5.74) is -2.54. The second kappa shape index (κ2) is 6.03. The summed E-state index contributed by atoms with van der Waals surface area (Å²) < 4.78 is 46.8. The summed E-state index contributed by atoms with van der Waals surface area (Å²) in [5.74, 6) is 0.102. The van der Waals surface area contributed by atoms with Gasteiger partial charge in [0.25, 0.3) is 0 Å². The lowest BCUT2D eigenvalue weighted by Crippen LogP contribution is -2.43. The van der Waals surface area contributed by atoms with Gasteiger partial charge in [-0.25, -0.2) is 9.97 Å². The number of hydrogen-bond acceptors (Lipinski definition) is 6. The van der Waals surface area contributed by atoms with E-state index in [1.165, 1.54) is 30.2 Å². The van der Waals surface area contributed by atoms with Gasteiger partial charge in [-0.15, -0.1) is 0 Å². The smallest absolute Gasteiger partial charge is 0.424 e. The molecule has 0 aliphatic carbocycles. The molecule has 2 N–H and O–H groups in total. The van der Waals surface area contributed by atoms with E-state index in [0.29, 0.717) is 22.6 Å². The zero-order valence-corrected chi connectivity index (χ0v) is 13.5. The van der Waals surface area contributed by atoms with Gasteiger partial charge in [0.2, 0.25) is 5.60 Å². The van der Waals surface area contributed by atoms with Crippen LogP contribution in [0.2, 0.25) is 0 Å². The highest BCUT2D eigenvalue weighted by Crippen LogP contribution is 2.42. The number of aliphatic hydroxyl groups is 1. The SMILES string of the molecule is Cc1ccc(C(O)(CCNc2ncnc3c2cnn3C)C(F)(F)F)o1. The van der Waals surface area contributed by atoms with Crippen LogP contribution in [0.3, 0.4) is 0 Å². The Morgan fingerprint density at radius 1 is 1.28 bits per heavy atom. The van der Waals surface area contributed by atoms with Crippen LogP contribution in [0.1, 0.15) is 17.9 Å². The van der Waals surface area contributed by atoms with Gasteiger partial charge in [-0.3, -0.25) is 4.68 Å². The highest BCUT2D eigenvalue weighted by Gasteiger charge is 2.56. The molecule has 3 rings (SSSR count). The molecule has 25 heavy (non-hydrogen) atoms. The second-order valence-corrected chi connectivity index (χ2v) is 5.67. The molecular formula is C15H16F3N5O2. The predicted molar refractivity (Wildman–Crippen MR) is 82.8 cm³/mol. The Kier molecular flexibility index (Phi) is 4.15. The molecule has 134 valence electrons. The van der Waals surface area contributed by atoms with E-state index in [0.717, 1.165) is 6.07 Å². The van der Waals surface area contributed by atoms with Crippen LogP contribution in [-0.4, -0.2) is 37.6 Å². The first-order valence-corrected chi connectivity index (χ1v) is 7.45. The average Bonchev–Trinajstić information content (AvgIpc) is 3.13. The number of halogens is 3. The Balaban J connectivity index is 1.80. The van der Waals surface area contributed by atoms with E-state index in [1.807, 2.05) is 0 Å². The molecule has 3 aromatic heterocycles. The number of aryl methyl sites for hydroxylation is 2. The van der Waals surface area contributed by atoms with Gasteiger partial charge in [0.15, 0.2) is 5.65 Å². The summed E-state index contributed by atoms with van der Waals surface area (Å²) in [6, 6.07) is 2.51. The molecule has 0 fully saturated rings. The monoisotopic (exact) mass is 355 g/mol. The Morgan fingerprint density at radius 3 is 2.68 bits per heavy atom. The lowest BCUT2D eigenvalue weighted by atomic mass is 9.95. The molecule has 0 amide bonds. The standard InChI is InChI=1S/C15H16F3N5O2/c1-9-3-4-11(25-9)14(24,15(16,17)18)5-6-19-12-10-7-22-23(2)13(10)21-8-20-12/h3-4,7-8,24H,5-6H2,1-2H3,(H,19,20,21). The quantitative estimate of drug-likeness (QED) is 0.731. The van der Waals surface area contributed by atoms with Crippen molar-refractivity contribution in [3.8, 4) is 0 Å². The topological polar surface area (TPSA) is 89.0 Å². The molecule has 0 radical (unpaired) electrons. The molecule has 0 bridgehead atoms. The lowest BCUT2D eigenvalue weighted by molar-refractivity contribution is -0.274. The number of hydrogen-bond donors (Lipinski definition) is 2. The minimum absolute atomic E-state index is 0.184. The molecule has 7 nitrogen and oxygen atoms in total. The van der Waals surface area contributed by atoms with Crippen molar-refractivity contribution in [2.75, 3.05) is 11.9 Å². The van der Waals surface area contributed by atoms with Crippen molar-refractivity contribution in [1.82, 2.24) is 19.7 Å². The molecule has 3 aromatic rings. The maximum absolute atomic E-state index is 13.4. The highest BCUT2D eigenvalue weighted by atomic mass is 19.4. The summed E-state index contributed by atoms with van der Waals surface area (Å²) in [5, 5.41) is 17.6. The number of aromatic nitrogens is 4. The van der Waals surface area contributed by atoms with Crippen molar-refractivity contribution >= 4 is 16.9 Å². The van der Waals surface area contributed by atoms with E-state index in [9.17, 15) is 18.3 Å². The van der Waals surface area contributed by atoms with Gasteiger partial charge in [0.1, 0.15) is 23.7 Å². The molecule has 1 unspecified atom stereocenters. The number of nitrogens with zero attached hydrogens (tertiary/aromatic N) is 4. The van der Waals surface area contributed by atoms with Gasteiger partial charge in [-0.05, 0) is 19.1 Å². The molecule has 10 heteroatoms. The van der Waals surface area contributed by atoms with Crippen LogP contribution >= 0.6 is 0 Å². The number of furan rings is 1. The highest BCUT2D eigenvalue weighted by molar-refractivity contribution is 5.85. The molecule has 0 aliphatic heterocycles. The molecular weight excluding hydrogens is 339 g/mol. The van der Waals surface area contributed by atoms with Crippen molar-refractivity contribution in [1.29, 1.82) is 0 Å². The third-order valence-electron chi connectivity index (χ3n) is 3.93. The number of alkyl halides is 3. The van der Waals surface area contributed by atoms with Crippen molar-refractivity contribution in [2.24, 2.45) is 7.05 Å². The summed E-state index contributed by atoms with van der Waals surface area (Å²) in [4.78, 5) is 8.07. The minimum atomic E-state index is -4.88. The lowest BCUT2D eigenvalue weighted by Gasteiger charge is -2.28. The van der Waals surface area contributed by atoms with E-state index >= 15 is 0 Å². The van der Waals surface area contributed by atoms with E-state index < -0.39 is 24.0 Å². The number of nitrogens with one attached hydrogen (secondary N) is 1. The third kappa shape index (κ3) is 3.04. The van der Waals surface area contributed by atoms with Crippen LogP contribution in [0.25, 0.3) is 11.0 Å². The van der Waals surface area contributed by atoms with Crippen LogP contribution < -0.4 is 5.32 Å². The maximum Gasteiger partial charge on any atom is 0.424 e. The van der Waals surface area contributed by atoms with Crippen molar-refractivity contribution in [2.45, 2.75) is 25.1 Å². The fraction of sp³-hybridized carbons (Fsp3) is 0.400. The largest absolute Gasteiger partial charge is 0.463 e. The first-order valence-electron chi connectivity index (χ1n) is 7.45. The summed E-state index contributed by atoms with van der Waals surface area (Å²) in [6.07, 6.45) is -2.72. The Bertz CT molecular complexity index is 889. The van der Waals surface area contributed by atoms with Crippen molar-refractivity contribution in [3.63, 3.8) is 0 Å². The van der Waals surface area contributed by atoms with E-state index in [1.54, 1.807) is 7.05 Å². The number of fused-ring (bicyclic) bond motifs is 1. The van der Waals surface area contributed by atoms with Crippen LogP contribution in [0.4, 0.5) is 19.0 Å². The Morgan fingerprint density at radius 2 is 2.04 bits per heavy atom. The predicted octanol–water partition coefficient (Wildman–Crippen LogP) is 2.52. The van der Waals surface area contributed by atoms with Crippen molar-refractivity contribution < 1.29 is 22.7 Å². The van der Waals surface area contributed by atoms with Gasteiger partial charge in [0, 0.05) is 20.0 Å². The normalized spacial score (nSPS) is 14.6. The second-order valence-electron chi connectivity index (χ2n) is 5.67.